The van der Waals surface area contributed by atoms with Gasteiger partial charge in [0.2, 0.25) is 5.82 Å². The van der Waals surface area contributed by atoms with E-state index in [9.17, 15) is 22.0 Å². The molecule has 0 atom stereocenters. The van der Waals surface area contributed by atoms with Gasteiger partial charge in [0.05, 0.1) is 12.1 Å². The summed E-state index contributed by atoms with van der Waals surface area (Å²) in [5.41, 5.74) is 1.18. The van der Waals surface area contributed by atoms with E-state index in [4.69, 9.17) is 4.52 Å². The molecule has 1 fully saturated rings. The van der Waals surface area contributed by atoms with Gasteiger partial charge in [-0.15, -0.1) is 13.2 Å². The van der Waals surface area contributed by atoms with Crippen molar-refractivity contribution in [2.45, 2.75) is 25.1 Å². The second-order valence-corrected chi connectivity index (χ2v) is 6.90. The first kappa shape index (κ1) is 20.1. The molecule has 4 rings (SSSR count). The lowest BCUT2D eigenvalue weighted by Crippen LogP contribution is -2.42. The number of benzene rings is 2. The standard InChI is InChI=1S/C20H16F5N3O2/c21-19(22)10-3-11-28(12-19)14-8-6-13(7-9-14)18-26-17(27-30-18)15-4-1-2-5-16(15)29-20(23,24)25/h1-2,4-9H,3,10-12H2. The first-order chi connectivity index (χ1) is 14.2. The van der Waals surface area contributed by atoms with Crippen molar-refractivity contribution in [2.75, 3.05) is 18.0 Å². The minimum Gasteiger partial charge on any atom is -0.405 e. The Morgan fingerprint density at radius 1 is 1.03 bits per heavy atom. The first-order valence-electron chi connectivity index (χ1n) is 9.12. The van der Waals surface area contributed by atoms with Crippen molar-refractivity contribution in [1.82, 2.24) is 10.1 Å². The zero-order chi connectivity index (χ0) is 21.4. The molecular weight excluding hydrogens is 409 g/mol. The van der Waals surface area contributed by atoms with Crippen molar-refractivity contribution in [2.24, 2.45) is 0 Å². The largest absolute Gasteiger partial charge is 0.573 e. The van der Waals surface area contributed by atoms with Crippen LogP contribution in [-0.2, 0) is 0 Å². The number of alkyl halides is 5. The fraction of sp³-hybridized carbons (Fsp3) is 0.300. The number of hydrogen-bond acceptors (Lipinski definition) is 5. The van der Waals surface area contributed by atoms with Crippen molar-refractivity contribution in [3.63, 3.8) is 0 Å². The maximum atomic E-state index is 13.6. The summed E-state index contributed by atoms with van der Waals surface area (Å²) in [4.78, 5) is 5.76. The van der Waals surface area contributed by atoms with Crippen molar-refractivity contribution < 1.29 is 31.2 Å². The lowest BCUT2D eigenvalue weighted by molar-refractivity contribution is -0.274. The van der Waals surface area contributed by atoms with Crippen LogP contribution >= 0.6 is 0 Å². The molecule has 0 saturated carbocycles. The molecule has 0 radical (unpaired) electrons. The van der Waals surface area contributed by atoms with Gasteiger partial charge >= 0.3 is 6.36 Å². The Labute approximate surface area is 168 Å². The van der Waals surface area contributed by atoms with E-state index < -0.39 is 18.0 Å². The van der Waals surface area contributed by atoms with Gasteiger partial charge in [-0.25, -0.2) is 8.78 Å². The molecule has 2 aromatic carbocycles. The van der Waals surface area contributed by atoms with E-state index in [0.29, 0.717) is 24.2 Å². The van der Waals surface area contributed by atoms with Gasteiger partial charge in [-0.1, -0.05) is 17.3 Å². The van der Waals surface area contributed by atoms with E-state index in [-0.39, 0.29) is 30.2 Å². The Morgan fingerprint density at radius 2 is 1.77 bits per heavy atom. The van der Waals surface area contributed by atoms with E-state index in [1.54, 1.807) is 29.2 Å². The van der Waals surface area contributed by atoms with Gasteiger partial charge in [-0.05, 0) is 42.8 Å². The lowest BCUT2D eigenvalue weighted by Gasteiger charge is -2.34. The van der Waals surface area contributed by atoms with Gasteiger partial charge in [0, 0.05) is 24.2 Å². The van der Waals surface area contributed by atoms with E-state index in [0.717, 1.165) is 6.07 Å². The summed E-state index contributed by atoms with van der Waals surface area (Å²) in [6, 6.07) is 12.1. The van der Waals surface area contributed by atoms with Gasteiger partial charge < -0.3 is 14.2 Å². The Hall–Kier alpha value is -3.17. The van der Waals surface area contributed by atoms with E-state index in [1.807, 2.05) is 0 Å². The molecular formula is C20H16F5N3O2. The Morgan fingerprint density at radius 3 is 2.47 bits per heavy atom. The molecule has 10 heteroatoms. The van der Waals surface area contributed by atoms with Crippen LogP contribution in [0.2, 0.25) is 0 Å². The SMILES string of the molecule is FC1(F)CCCN(c2ccc(-c3nc(-c4ccccc4OC(F)(F)F)no3)cc2)C1. The predicted octanol–water partition coefficient (Wildman–Crippen LogP) is 5.54. The highest BCUT2D eigenvalue weighted by Crippen LogP contribution is 2.34. The van der Waals surface area contributed by atoms with Crippen LogP contribution in [0.15, 0.2) is 53.1 Å². The van der Waals surface area contributed by atoms with Crippen molar-refractivity contribution >= 4 is 5.69 Å². The Balaban J connectivity index is 1.55. The average Bonchev–Trinajstić information content (AvgIpc) is 3.16. The van der Waals surface area contributed by atoms with Crippen molar-refractivity contribution in [1.29, 1.82) is 0 Å². The highest BCUT2D eigenvalue weighted by Gasteiger charge is 2.35. The number of piperidine rings is 1. The number of anilines is 1. The minimum absolute atomic E-state index is 0.0250. The summed E-state index contributed by atoms with van der Waals surface area (Å²) >= 11 is 0. The zero-order valence-corrected chi connectivity index (χ0v) is 15.5. The number of para-hydroxylation sites is 1. The molecule has 0 unspecified atom stereocenters. The van der Waals surface area contributed by atoms with Crippen LogP contribution in [0.1, 0.15) is 12.8 Å². The molecule has 0 amide bonds. The van der Waals surface area contributed by atoms with Crippen LogP contribution in [-0.4, -0.2) is 35.5 Å². The van der Waals surface area contributed by atoms with Crippen LogP contribution in [0, 0.1) is 0 Å². The third kappa shape index (κ3) is 4.52. The number of halogens is 5. The quantitative estimate of drug-likeness (QED) is 0.514. The molecule has 30 heavy (non-hydrogen) atoms. The maximum Gasteiger partial charge on any atom is 0.573 e. The third-order valence-corrected chi connectivity index (χ3v) is 4.65. The molecule has 0 aliphatic carbocycles. The summed E-state index contributed by atoms with van der Waals surface area (Å²) in [7, 11) is 0. The number of rotatable bonds is 4. The van der Waals surface area contributed by atoms with E-state index in [1.165, 1.54) is 18.2 Å². The Kier molecular flexibility index (Phi) is 5.08. The Bertz CT molecular complexity index is 1020. The van der Waals surface area contributed by atoms with Gasteiger partial charge in [-0.2, -0.15) is 4.98 Å². The smallest absolute Gasteiger partial charge is 0.405 e. The molecule has 0 bridgehead atoms. The number of ether oxygens (including phenoxy) is 1. The molecule has 5 nitrogen and oxygen atoms in total. The second-order valence-electron chi connectivity index (χ2n) is 6.90. The average molecular weight is 425 g/mol. The molecule has 158 valence electrons. The van der Waals surface area contributed by atoms with Gasteiger partial charge in [-0.3, -0.25) is 0 Å². The summed E-state index contributed by atoms with van der Waals surface area (Å²) in [6.07, 6.45) is -4.57. The lowest BCUT2D eigenvalue weighted by atomic mass is 10.1. The van der Waals surface area contributed by atoms with Gasteiger partial charge in [0.1, 0.15) is 5.75 Å². The van der Waals surface area contributed by atoms with Crippen molar-refractivity contribution in [3.05, 3.63) is 48.5 Å². The van der Waals surface area contributed by atoms with Crippen LogP contribution < -0.4 is 9.64 Å². The molecule has 3 aromatic rings. The van der Waals surface area contributed by atoms with Gasteiger partial charge in [0.25, 0.3) is 11.8 Å². The summed E-state index contributed by atoms with van der Waals surface area (Å²) < 4.78 is 74.3. The fourth-order valence-corrected chi connectivity index (χ4v) is 3.32. The first-order valence-corrected chi connectivity index (χ1v) is 9.12. The van der Waals surface area contributed by atoms with Crippen LogP contribution in [0.4, 0.5) is 27.6 Å². The number of hydrogen-bond donors (Lipinski definition) is 0. The van der Waals surface area contributed by atoms with Gasteiger partial charge in [0.15, 0.2) is 0 Å². The highest BCUT2D eigenvalue weighted by molar-refractivity contribution is 5.66. The molecule has 1 aromatic heterocycles. The molecule has 1 aliphatic rings. The van der Waals surface area contributed by atoms with E-state index >= 15 is 0 Å². The molecule has 2 heterocycles. The number of nitrogens with zero attached hydrogens (tertiary/aromatic N) is 3. The second kappa shape index (κ2) is 7.58. The van der Waals surface area contributed by atoms with E-state index in [2.05, 4.69) is 14.9 Å². The normalized spacial score (nSPS) is 16.5. The fourth-order valence-electron chi connectivity index (χ4n) is 3.32. The zero-order valence-electron chi connectivity index (χ0n) is 15.5. The van der Waals surface area contributed by atoms with Crippen LogP contribution in [0.25, 0.3) is 22.8 Å². The molecule has 0 spiro atoms. The van der Waals surface area contributed by atoms with Crippen LogP contribution in [0.3, 0.4) is 0 Å². The minimum atomic E-state index is -4.86. The molecule has 0 N–H and O–H groups in total. The molecule has 1 aliphatic heterocycles. The van der Waals surface area contributed by atoms with Crippen molar-refractivity contribution in [3.8, 4) is 28.6 Å². The summed E-state index contributed by atoms with van der Waals surface area (Å²) in [5, 5.41) is 3.74. The highest BCUT2D eigenvalue weighted by atomic mass is 19.4. The topological polar surface area (TPSA) is 51.4 Å². The van der Waals surface area contributed by atoms with Crippen LogP contribution in [0.5, 0.6) is 5.75 Å². The monoisotopic (exact) mass is 425 g/mol. The third-order valence-electron chi connectivity index (χ3n) is 4.65. The summed E-state index contributed by atoms with van der Waals surface area (Å²) in [6.45, 7) is 0.197. The molecule has 1 saturated heterocycles. The predicted molar refractivity (Wildman–Crippen MR) is 98.2 cm³/mol. The summed E-state index contributed by atoms with van der Waals surface area (Å²) in [5.74, 6) is -3.14. The number of aromatic nitrogens is 2. The maximum absolute atomic E-state index is 13.6.